The molecule has 190 valence electrons. The molecular formula is C29H25FN6O2. The molecule has 2 amide bonds. The summed E-state index contributed by atoms with van der Waals surface area (Å²) >= 11 is 0. The second kappa shape index (κ2) is 9.33. The second-order valence-electron chi connectivity index (χ2n) is 9.53. The number of carbonyl (C=O) groups excluding carboxylic acids is 2. The van der Waals surface area contributed by atoms with Gasteiger partial charge in [0.15, 0.2) is 0 Å². The largest absolute Gasteiger partial charge is 0.320 e. The number of hydrogen-bond donors (Lipinski definition) is 0. The zero-order chi connectivity index (χ0) is 26.4. The summed E-state index contributed by atoms with van der Waals surface area (Å²) in [5.41, 5.74) is 3.79. The Morgan fingerprint density at radius 1 is 0.895 bits per heavy atom. The molecule has 0 saturated carbocycles. The maximum absolute atomic E-state index is 13.5. The number of benzene rings is 3. The van der Waals surface area contributed by atoms with E-state index in [4.69, 9.17) is 4.98 Å². The molecular weight excluding hydrogens is 483 g/mol. The van der Waals surface area contributed by atoms with Crippen molar-refractivity contribution in [2.75, 3.05) is 0 Å². The van der Waals surface area contributed by atoms with Crippen molar-refractivity contribution in [1.29, 1.82) is 0 Å². The van der Waals surface area contributed by atoms with Crippen LogP contribution in [0.5, 0.6) is 0 Å². The number of rotatable bonds is 7. The molecule has 0 radical (unpaired) electrons. The summed E-state index contributed by atoms with van der Waals surface area (Å²) in [6.07, 6.45) is 2.52. The molecule has 0 saturated heterocycles. The Morgan fingerprint density at radius 3 is 2.24 bits per heavy atom. The third-order valence-corrected chi connectivity index (χ3v) is 7.19. The predicted octanol–water partition coefficient (Wildman–Crippen LogP) is 5.19. The Balaban J connectivity index is 1.45. The first-order valence-electron chi connectivity index (χ1n) is 12.6. The molecule has 38 heavy (non-hydrogen) atoms. The molecule has 6 rings (SSSR count). The van der Waals surface area contributed by atoms with Gasteiger partial charge in [-0.25, -0.2) is 14.1 Å². The first-order valence-corrected chi connectivity index (χ1v) is 12.6. The lowest BCUT2D eigenvalue weighted by Crippen LogP contribution is -2.39. The quantitative estimate of drug-likeness (QED) is 0.283. The minimum atomic E-state index is -0.577. The van der Waals surface area contributed by atoms with Gasteiger partial charge < -0.3 is 4.57 Å². The lowest BCUT2D eigenvalue weighted by atomic mass is 9.96. The van der Waals surface area contributed by atoms with E-state index in [-0.39, 0.29) is 23.5 Å². The van der Waals surface area contributed by atoms with Crippen LogP contribution in [0.2, 0.25) is 0 Å². The van der Waals surface area contributed by atoms with E-state index in [1.165, 1.54) is 17.0 Å². The van der Waals surface area contributed by atoms with Gasteiger partial charge in [-0.3, -0.25) is 14.5 Å². The number of carbonyl (C=O) groups is 2. The fourth-order valence-electron chi connectivity index (χ4n) is 5.05. The van der Waals surface area contributed by atoms with Crippen molar-refractivity contribution >= 4 is 22.8 Å². The van der Waals surface area contributed by atoms with Gasteiger partial charge in [0.25, 0.3) is 11.8 Å². The first kappa shape index (κ1) is 23.7. The molecule has 2 aromatic heterocycles. The SMILES string of the molecule is CCC(C)[C@H](c1nc2ccccc2n1Cc1cn(-c2ccc(F)cc2)nn1)N1C(=O)c2ccccc2C1=O. The third kappa shape index (κ3) is 3.87. The highest BCUT2D eigenvalue weighted by Gasteiger charge is 2.44. The lowest BCUT2D eigenvalue weighted by molar-refractivity contribution is 0.0514. The summed E-state index contributed by atoms with van der Waals surface area (Å²) in [5.74, 6) is -0.379. The zero-order valence-electron chi connectivity index (χ0n) is 21.0. The molecule has 5 aromatic rings. The lowest BCUT2D eigenvalue weighted by Gasteiger charge is -2.31. The van der Waals surface area contributed by atoms with Gasteiger partial charge in [-0.05, 0) is 54.4 Å². The van der Waals surface area contributed by atoms with Gasteiger partial charge >= 0.3 is 0 Å². The number of nitrogens with zero attached hydrogens (tertiary/aromatic N) is 6. The molecule has 1 aliphatic rings. The monoisotopic (exact) mass is 508 g/mol. The van der Waals surface area contributed by atoms with Crippen molar-refractivity contribution in [3.8, 4) is 5.69 Å². The van der Waals surface area contributed by atoms with Crippen molar-refractivity contribution in [3.05, 3.63) is 107 Å². The molecule has 3 heterocycles. The van der Waals surface area contributed by atoms with Crippen molar-refractivity contribution in [2.45, 2.75) is 32.9 Å². The Morgan fingerprint density at radius 2 is 1.55 bits per heavy atom. The van der Waals surface area contributed by atoms with E-state index in [0.29, 0.717) is 34.9 Å². The van der Waals surface area contributed by atoms with Crippen molar-refractivity contribution < 1.29 is 14.0 Å². The van der Waals surface area contributed by atoms with Crippen LogP contribution in [0.15, 0.2) is 79.0 Å². The average Bonchev–Trinajstić information content (AvgIpc) is 3.62. The van der Waals surface area contributed by atoms with Crippen LogP contribution in [0.25, 0.3) is 16.7 Å². The molecule has 0 fully saturated rings. The van der Waals surface area contributed by atoms with Gasteiger partial charge in [0.1, 0.15) is 23.4 Å². The van der Waals surface area contributed by atoms with Gasteiger partial charge in [-0.2, -0.15) is 0 Å². The van der Waals surface area contributed by atoms with Crippen LogP contribution < -0.4 is 0 Å². The average molecular weight is 509 g/mol. The summed E-state index contributed by atoms with van der Waals surface area (Å²) in [6.45, 7) is 4.40. The smallest absolute Gasteiger partial charge is 0.262 e. The molecule has 1 unspecified atom stereocenters. The summed E-state index contributed by atoms with van der Waals surface area (Å²) in [5, 5.41) is 8.57. The highest BCUT2D eigenvalue weighted by molar-refractivity contribution is 6.21. The van der Waals surface area contributed by atoms with Crippen LogP contribution in [0, 0.1) is 11.7 Å². The molecule has 1 aliphatic heterocycles. The Bertz CT molecular complexity index is 1640. The predicted molar refractivity (Wildman–Crippen MR) is 139 cm³/mol. The van der Waals surface area contributed by atoms with Crippen LogP contribution in [0.3, 0.4) is 0 Å². The molecule has 2 atom stereocenters. The molecule has 0 spiro atoms. The highest BCUT2D eigenvalue weighted by atomic mass is 19.1. The second-order valence-corrected chi connectivity index (χ2v) is 9.53. The minimum Gasteiger partial charge on any atom is -0.320 e. The number of imide groups is 1. The van der Waals surface area contributed by atoms with Crippen molar-refractivity contribution in [3.63, 3.8) is 0 Å². The van der Waals surface area contributed by atoms with E-state index < -0.39 is 6.04 Å². The molecule has 0 N–H and O–H groups in total. The Labute approximate surface area is 218 Å². The van der Waals surface area contributed by atoms with E-state index in [2.05, 4.69) is 10.3 Å². The number of imidazole rings is 1. The first-order chi connectivity index (χ1) is 18.5. The van der Waals surface area contributed by atoms with Gasteiger partial charge in [-0.1, -0.05) is 49.7 Å². The van der Waals surface area contributed by atoms with Gasteiger partial charge in [0.2, 0.25) is 0 Å². The summed E-state index contributed by atoms with van der Waals surface area (Å²) < 4.78 is 17.0. The number of para-hydroxylation sites is 2. The van der Waals surface area contributed by atoms with Crippen LogP contribution in [0.1, 0.15) is 58.5 Å². The third-order valence-electron chi connectivity index (χ3n) is 7.19. The van der Waals surface area contributed by atoms with E-state index in [1.807, 2.05) is 42.7 Å². The van der Waals surface area contributed by atoms with Crippen LogP contribution in [-0.2, 0) is 6.54 Å². The van der Waals surface area contributed by atoms with Crippen LogP contribution in [0.4, 0.5) is 4.39 Å². The molecule has 8 nitrogen and oxygen atoms in total. The van der Waals surface area contributed by atoms with Gasteiger partial charge in [0, 0.05) is 0 Å². The van der Waals surface area contributed by atoms with E-state index in [0.717, 1.165) is 17.5 Å². The van der Waals surface area contributed by atoms with Crippen LogP contribution in [-0.4, -0.2) is 41.3 Å². The van der Waals surface area contributed by atoms with Crippen LogP contribution >= 0.6 is 0 Å². The Kier molecular flexibility index (Phi) is 5.83. The molecule has 9 heteroatoms. The zero-order valence-corrected chi connectivity index (χ0v) is 21.0. The fraction of sp³-hybridized carbons (Fsp3) is 0.207. The highest BCUT2D eigenvalue weighted by Crippen LogP contribution is 2.38. The molecule has 3 aromatic carbocycles. The normalized spacial score (nSPS) is 14.8. The number of hydrogen-bond acceptors (Lipinski definition) is 5. The van der Waals surface area contributed by atoms with E-state index >= 15 is 0 Å². The number of amides is 2. The number of aromatic nitrogens is 5. The van der Waals surface area contributed by atoms with Gasteiger partial charge in [-0.15, -0.1) is 5.10 Å². The van der Waals surface area contributed by atoms with Gasteiger partial charge in [0.05, 0.1) is 40.6 Å². The number of fused-ring (bicyclic) bond motifs is 2. The number of halogens is 1. The fourth-order valence-corrected chi connectivity index (χ4v) is 5.05. The van der Waals surface area contributed by atoms with Crippen molar-refractivity contribution in [1.82, 2.24) is 29.4 Å². The summed E-state index contributed by atoms with van der Waals surface area (Å²) in [7, 11) is 0. The standard InChI is InChI=1S/C29H25FN6O2/c1-3-18(2)26(36-28(37)22-8-4-5-9-23(22)29(36)38)27-31-24-10-6-7-11-25(24)34(27)16-20-17-35(33-32-20)21-14-12-19(30)13-15-21/h4-15,17-18,26H,3,16H2,1-2H3/t18?,26-/m1/s1. The summed E-state index contributed by atoms with van der Waals surface area (Å²) in [4.78, 5) is 33.4. The minimum absolute atomic E-state index is 0.0531. The maximum Gasteiger partial charge on any atom is 0.262 e. The maximum atomic E-state index is 13.5. The van der Waals surface area contributed by atoms with E-state index in [1.54, 1.807) is 47.3 Å². The molecule has 0 bridgehead atoms. The summed E-state index contributed by atoms with van der Waals surface area (Å²) in [6, 6.07) is 20.1. The molecule has 0 aliphatic carbocycles. The topological polar surface area (TPSA) is 85.9 Å². The Hall–Kier alpha value is -4.66. The van der Waals surface area contributed by atoms with E-state index in [9.17, 15) is 14.0 Å². The van der Waals surface area contributed by atoms with Crippen molar-refractivity contribution in [2.24, 2.45) is 5.92 Å².